The molecule has 7 nitrogen and oxygen atoms in total. The van der Waals surface area contributed by atoms with Crippen LogP contribution in [0.2, 0.25) is 0 Å². The first-order chi connectivity index (χ1) is 19.0. The molecule has 40 heavy (non-hydrogen) atoms. The smallest absolute Gasteiger partial charge is 0.300 e. The minimum atomic E-state index is -0.852. The molecule has 1 saturated heterocycles. The number of aliphatic hydroxyl groups excluding tert-OH is 1. The molecule has 3 aromatic carbocycles. The Hall–Kier alpha value is -4.26. The number of aliphatic hydroxyl groups is 1. The van der Waals surface area contributed by atoms with Gasteiger partial charge in [-0.2, -0.15) is 0 Å². The standard InChI is InChI=1S/C33H38N2O5/c1-8-39-25-12-10-11-21(19-25)29-28(30(36)22-13-18-27(40-9-2)26(20-22)33(3,4)5)31(37)32(38)35(29)24-16-14-23(15-17-24)34(6)7/h10-20,29,36H,8-9H2,1-7H3/b30-28+. The maximum atomic E-state index is 13.7. The van der Waals surface area contributed by atoms with Crippen LogP contribution in [0.4, 0.5) is 11.4 Å². The first-order valence-electron chi connectivity index (χ1n) is 13.6. The van der Waals surface area contributed by atoms with Crippen LogP contribution in [0, 0.1) is 0 Å². The molecule has 1 atom stereocenters. The Labute approximate surface area is 236 Å². The van der Waals surface area contributed by atoms with Gasteiger partial charge < -0.3 is 19.5 Å². The lowest BCUT2D eigenvalue weighted by atomic mass is 9.84. The van der Waals surface area contributed by atoms with Gasteiger partial charge in [-0.25, -0.2) is 0 Å². The molecule has 0 bridgehead atoms. The Morgan fingerprint density at radius 3 is 2.20 bits per heavy atom. The second-order valence-corrected chi connectivity index (χ2v) is 11.0. The van der Waals surface area contributed by atoms with Crippen molar-refractivity contribution < 1.29 is 24.2 Å². The quantitative estimate of drug-likeness (QED) is 0.200. The van der Waals surface area contributed by atoms with Gasteiger partial charge in [-0.05, 0) is 79.4 Å². The van der Waals surface area contributed by atoms with Gasteiger partial charge in [-0.15, -0.1) is 0 Å². The van der Waals surface area contributed by atoms with Gasteiger partial charge in [0, 0.05) is 36.6 Å². The average Bonchev–Trinajstić information content (AvgIpc) is 3.18. The first-order valence-corrected chi connectivity index (χ1v) is 13.6. The lowest BCUT2D eigenvalue weighted by Crippen LogP contribution is -2.29. The molecule has 7 heteroatoms. The molecular formula is C33H38N2O5. The highest BCUT2D eigenvalue weighted by atomic mass is 16.5. The highest BCUT2D eigenvalue weighted by Crippen LogP contribution is 2.44. The summed E-state index contributed by atoms with van der Waals surface area (Å²) in [5.41, 5.74) is 3.25. The van der Waals surface area contributed by atoms with Crippen molar-refractivity contribution in [2.45, 2.75) is 46.1 Å². The van der Waals surface area contributed by atoms with Crippen LogP contribution in [-0.4, -0.2) is 44.1 Å². The van der Waals surface area contributed by atoms with E-state index in [1.807, 2.05) is 87.4 Å². The number of Topliss-reactive ketones (excluding diaryl/α,β-unsaturated/α-hetero) is 1. The van der Waals surface area contributed by atoms with Gasteiger partial charge in [-0.1, -0.05) is 32.9 Å². The van der Waals surface area contributed by atoms with Crippen molar-refractivity contribution >= 4 is 28.8 Å². The number of amides is 1. The number of carbonyl (C=O) groups is 2. The lowest BCUT2D eigenvalue weighted by Gasteiger charge is -2.27. The number of anilines is 2. The van der Waals surface area contributed by atoms with Crippen molar-refractivity contribution in [3.8, 4) is 11.5 Å². The summed E-state index contributed by atoms with van der Waals surface area (Å²) in [6, 6.07) is 19.2. The molecule has 1 aliphatic heterocycles. The SMILES string of the molecule is CCOc1cccc(C2/C(=C(\O)c3ccc(OCC)c(C(C)(C)C)c3)C(=O)C(=O)N2c2ccc(N(C)C)cc2)c1. The minimum absolute atomic E-state index is 0.0272. The highest BCUT2D eigenvalue weighted by Gasteiger charge is 2.47. The summed E-state index contributed by atoms with van der Waals surface area (Å²) in [6.07, 6.45) is 0. The molecule has 0 saturated carbocycles. The van der Waals surface area contributed by atoms with Crippen molar-refractivity contribution in [2.75, 3.05) is 37.1 Å². The lowest BCUT2D eigenvalue weighted by molar-refractivity contribution is -0.132. The van der Waals surface area contributed by atoms with Crippen LogP contribution in [0.3, 0.4) is 0 Å². The fourth-order valence-electron chi connectivity index (χ4n) is 4.97. The third-order valence-electron chi connectivity index (χ3n) is 6.93. The Balaban J connectivity index is 1.94. The number of hydrogen-bond donors (Lipinski definition) is 1. The van der Waals surface area contributed by atoms with Crippen molar-refractivity contribution in [2.24, 2.45) is 0 Å². The number of carbonyl (C=O) groups excluding carboxylic acids is 2. The van der Waals surface area contributed by atoms with Gasteiger partial charge >= 0.3 is 0 Å². The summed E-state index contributed by atoms with van der Waals surface area (Å²) in [7, 11) is 3.87. The van der Waals surface area contributed by atoms with Crippen LogP contribution in [-0.2, 0) is 15.0 Å². The molecule has 3 aromatic rings. The Bertz CT molecular complexity index is 1430. The molecule has 1 aliphatic rings. The minimum Gasteiger partial charge on any atom is -0.507 e. The van der Waals surface area contributed by atoms with E-state index in [1.54, 1.807) is 12.1 Å². The van der Waals surface area contributed by atoms with E-state index in [4.69, 9.17) is 9.47 Å². The molecule has 1 amide bonds. The number of hydrogen-bond acceptors (Lipinski definition) is 6. The second-order valence-electron chi connectivity index (χ2n) is 11.0. The van der Waals surface area contributed by atoms with Gasteiger partial charge in [0.2, 0.25) is 0 Å². The molecule has 0 spiro atoms. The summed E-state index contributed by atoms with van der Waals surface area (Å²) in [5, 5.41) is 11.7. The van der Waals surface area contributed by atoms with Crippen LogP contribution in [0.15, 0.2) is 72.3 Å². The molecule has 1 fully saturated rings. The van der Waals surface area contributed by atoms with Crippen molar-refractivity contribution in [3.05, 3.63) is 89.0 Å². The van der Waals surface area contributed by atoms with Crippen LogP contribution in [0.5, 0.6) is 11.5 Å². The number of ketones is 1. The van der Waals surface area contributed by atoms with Crippen LogP contribution in [0.1, 0.15) is 57.4 Å². The van der Waals surface area contributed by atoms with Gasteiger partial charge in [-0.3, -0.25) is 14.5 Å². The summed E-state index contributed by atoms with van der Waals surface area (Å²) in [6.45, 7) is 11.0. The second kappa shape index (κ2) is 11.5. The van der Waals surface area contributed by atoms with E-state index in [0.29, 0.717) is 41.5 Å². The molecule has 1 heterocycles. The monoisotopic (exact) mass is 542 g/mol. The van der Waals surface area contributed by atoms with E-state index in [9.17, 15) is 14.7 Å². The fourth-order valence-corrected chi connectivity index (χ4v) is 4.97. The number of ether oxygens (including phenoxy) is 2. The van der Waals surface area contributed by atoms with Crippen LogP contribution < -0.4 is 19.3 Å². The van der Waals surface area contributed by atoms with E-state index < -0.39 is 17.7 Å². The average molecular weight is 543 g/mol. The summed E-state index contributed by atoms with van der Waals surface area (Å²) in [5.74, 6) is -0.343. The molecule has 0 radical (unpaired) electrons. The van der Waals surface area contributed by atoms with E-state index in [-0.39, 0.29) is 16.7 Å². The molecule has 0 aromatic heterocycles. The number of benzene rings is 3. The number of nitrogens with zero attached hydrogens (tertiary/aromatic N) is 2. The highest BCUT2D eigenvalue weighted by molar-refractivity contribution is 6.51. The van der Waals surface area contributed by atoms with Gasteiger partial charge in [0.1, 0.15) is 17.3 Å². The van der Waals surface area contributed by atoms with Crippen molar-refractivity contribution in [1.82, 2.24) is 0 Å². The third kappa shape index (κ3) is 5.55. The fraction of sp³-hybridized carbons (Fsp3) is 0.333. The third-order valence-corrected chi connectivity index (χ3v) is 6.93. The van der Waals surface area contributed by atoms with Crippen LogP contribution >= 0.6 is 0 Å². The zero-order valence-electron chi connectivity index (χ0n) is 24.3. The zero-order chi connectivity index (χ0) is 29.2. The zero-order valence-corrected chi connectivity index (χ0v) is 24.3. The normalized spacial score (nSPS) is 16.8. The topological polar surface area (TPSA) is 79.3 Å². The molecule has 1 unspecified atom stereocenters. The van der Waals surface area contributed by atoms with Gasteiger partial charge in [0.05, 0.1) is 24.8 Å². The summed E-state index contributed by atoms with van der Waals surface area (Å²) in [4.78, 5) is 30.7. The molecule has 210 valence electrons. The van der Waals surface area contributed by atoms with Crippen molar-refractivity contribution in [3.63, 3.8) is 0 Å². The van der Waals surface area contributed by atoms with Crippen molar-refractivity contribution in [1.29, 1.82) is 0 Å². The Morgan fingerprint density at radius 2 is 1.60 bits per heavy atom. The summed E-state index contributed by atoms with van der Waals surface area (Å²) < 4.78 is 11.6. The Kier molecular flexibility index (Phi) is 8.24. The Morgan fingerprint density at radius 1 is 0.925 bits per heavy atom. The van der Waals surface area contributed by atoms with Crippen LogP contribution in [0.25, 0.3) is 5.76 Å². The first kappa shape index (κ1) is 28.7. The maximum Gasteiger partial charge on any atom is 0.300 e. The maximum absolute atomic E-state index is 13.7. The number of rotatable bonds is 8. The van der Waals surface area contributed by atoms with E-state index in [0.717, 1.165) is 11.3 Å². The predicted octanol–water partition coefficient (Wildman–Crippen LogP) is 6.47. The molecule has 0 aliphatic carbocycles. The molecule has 1 N–H and O–H groups in total. The van der Waals surface area contributed by atoms with E-state index in [1.165, 1.54) is 4.90 Å². The molecule has 4 rings (SSSR count). The molecular weight excluding hydrogens is 504 g/mol. The van der Waals surface area contributed by atoms with E-state index >= 15 is 0 Å². The summed E-state index contributed by atoms with van der Waals surface area (Å²) >= 11 is 0. The van der Waals surface area contributed by atoms with E-state index in [2.05, 4.69) is 20.8 Å². The predicted molar refractivity (Wildman–Crippen MR) is 159 cm³/mol. The largest absolute Gasteiger partial charge is 0.507 e. The van der Waals surface area contributed by atoms with Gasteiger partial charge in [0.15, 0.2) is 0 Å². The van der Waals surface area contributed by atoms with Gasteiger partial charge in [0.25, 0.3) is 11.7 Å².